The molecule has 108 valence electrons. The molecular weight excluding hydrogens is 322 g/mol. The maximum Gasteiger partial charge on any atom is 0.350 e. The number of carbonyl (C=O) groups excluding carboxylic acids is 1. The van der Waals surface area contributed by atoms with Gasteiger partial charge in [-0.15, -0.1) is 11.3 Å². The van der Waals surface area contributed by atoms with Crippen LogP contribution in [0.15, 0.2) is 48.9 Å². The molecule has 1 amide bonds. The largest absolute Gasteiger partial charge is 0.422 e. The second-order valence-corrected chi connectivity index (χ2v) is 6.38. The molecule has 8 heteroatoms. The average Bonchev–Trinajstić information content (AvgIpc) is 3.04. The number of amides is 1. The zero-order valence-corrected chi connectivity index (χ0v) is 12.5. The van der Waals surface area contributed by atoms with E-state index in [1.54, 1.807) is 23.6 Å². The zero-order valence-electron chi connectivity index (χ0n) is 10.9. The van der Waals surface area contributed by atoms with Gasteiger partial charge in [0.25, 0.3) is 5.91 Å². The van der Waals surface area contributed by atoms with Crippen molar-refractivity contribution in [3.05, 3.63) is 51.2 Å². The number of hydrogen-bond acceptors (Lipinski definition) is 7. The van der Waals surface area contributed by atoms with Gasteiger partial charge >= 0.3 is 5.63 Å². The second-order valence-electron chi connectivity index (χ2n) is 4.48. The van der Waals surface area contributed by atoms with Crippen molar-refractivity contribution in [3.63, 3.8) is 0 Å². The monoisotopic (exact) mass is 329 g/mol. The van der Waals surface area contributed by atoms with Crippen molar-refractivity contribution in [2.24, 2.45) is 4.99 Å². The van der Waals surface area contributed by atoms with Crippen molar-refractivity contribution in [2.75, 3.05) is 5.73 Å². The summed E-state index contributed by atoms with van der Waals surface area (Å²) >= 11 is 2.51. The Bertz CT molecular complexity index is 1020. The fourth-order valence-corrected chi connectivity index (χ4v) is 3.87. The van der Waals surface area contributed by atoms with E-state index in [-0.39, 0.29) is 5.56 Å². The average molecular weight is 329 g/mol. The lowest BCUT2D eigenvalue weighted by Gasteiger charge is -2.04. The van der Waals surface area contributed by atoms with Crippen LogP contribution >= 0.6 is 23.1 Å². The van der Waals surface area contributed by atoms with Gasteiger partial charge in [0, 0.05) is 16.3 Å². The summed E-state index contributed by atoms with van der Waals surface area (Å²) in [5.74, 6) is -0.583. The summed E-state index contributed by atoms with van der Waals surface area (Å²) in [5, 5.41) is 3.97. The predicted molar refractivity (Wildman–Crippen MR) is 85.7 cm³/mol. The maximum atomic E-state index is 12.0. The number of thiazole rings is 1. The minimum Gasteiger partial charge on any atom is -0.422 e. The van der Waals surface area contributed by atoms with Gasteiger partial charge in [0.15, 0.2) is 5.13 Å². The quantitative estimate of drug-likeness (QED) is 0.689. The van der Waals surface area contributed by atoms with Crippen molar-refractivity contribution in [1.29, 1.82) is 0 Å². The Hall–Kier alpha value is -2.45. The van der Waals surface area contributed by atoms with Crippen LogP contribution in [0, 0.1) is 0 Å². The third kappa shape index (κ3) is 1.96. The number of aromatic nitrogens is 1. The van der Waals surface area contributed by atoms with E-state index < -0.39 is 11.5 Å². The molecule has 4 rings (SSSR count). The van der Waals surface area contributed by atoms with Gasteiger partial charge in [0.1, 0.15) is 21.2 Å². The Morgan fingerprint density at radius 1 is 1.18 bits per heavy atom. The number of hydrogen-bond donors (Lipinski definition) is 1. The minimum absolute atomic E-state index is 0.0237. The second kappa shape index (κ2) is 4.79. The van der Waals surface area contributed by atoms with Crippen LogP contribution in [0.25, 0.3) is 11.0 Å². The number of para-hydroxylation sites is 1. The predicted octanol–water partition coefficient (Wildman–Crippen LogP) is 2.52. The molecule has 6 nitrogen and oxygen atoms in total. The molecule has 3 aromatic rings. The normalized spacial score (nSPS) is 13.5. The molecule has 0 bridgehead atoms. The van der Waals surface area contributed by atoms with Crippen LogP contribution in [0.1, 0.15) is 15.9 Å². The molecule has 1 aliphatic rings. The summed E-state index contributed by atoms with van der Waals surface area (Å²) in [7, 11) is 0. The van der Waals surface area contributed by atoms with Crippen molar-refractivity contribution in [3.8, 4) is 0 Å². The number of thioether (sulfide) groups is 1. The number of benzene rings is 1. The summed E-state index contributed by atoms with van der Waals surface area (Å²) in [6.45, 7) is 0. The highest BCUT2D eigenvalue weighted by atomic mass is 32.2. The fraction of sp³-hybridized carbons (Fsp3) is 0. The van der Waals surface area contributed by atoms with E-state index in [4.69, 9.17) is 10.2 Å². The number of nitrogens with zero attached hydrogens (tertiary/aromatic N) is 2. The van der Waals surface area contributed by atoms with Crippen molar-refractivity contribution >= 4 is 50.2 Å². The van der Waals surface area contributed by atoms with Crippen LogP contribution < -0.4 is 11.4 Å². The van der Waals surface area contributed by atoms with E-state index in [0.717, 1.165) is 0 Å². The summed E-state index contributed by atoms with van der Waals surface area (Å²) in [6, 6.07) is 7.05. The molecule has 0 saturated carbocycles. The number of rotatable bonds is 1. The lowest BCUT2D eigenvalue weighted by Crippen LogP contribution is -2.12. The highest BCUT2D eigenvalue weighted by molar-refractivity contribution is 8.14. The van der Waals surface area contributed by atoms with Crippen LogP contribution in [-0.4, -0.2) is 15.9 Å². The molecule has 1 aromatic carbocycles. The van der Waals surface area contributed by atoms with Gasteiger partial charge in [-0.25, -0.2) is 14.8 Å². The van der Waals surface area contributed by atoms with Gasteiger partial charge in [0.05, 0.1) is 0 Å². The molecule has 0 atom stereocenters. The first-order valence-corrected chi connectivity index (χ1v) is 7.91. The Morgan fingerprint density at radius 3 is 2.77 bits per heavy atom. The Morgan fingerprint density at radius 2 is 2.00 bits per heavy atom. The topological polar surface area (TPSA) is 98.6 Å². The molecule has 2 N–H and O–H groups in total. The van der Waals surface area contributed by atoms with Gasteiger partial charge in [-0.3, -0.25) is 4.79 Å². The third-order valence-corrected chi connectivity index (χ3v) is 4.88. The molecular formula is C14H7N3O3S2. The first-order chi connectivity index (χ1) is 10.6. The number of carbonyl (C=O) groups is 1. The van der Waals surface area contributed by atoms with Crippen LogP contribution in [0.5, 0.6) is 0 Å². The van der Waals surface area contributed by atoms with Gasteiger partial charge in [-0.1, -0.05) is 18.2 Å². The Balaban J connectivity index is 1.94. The fourth-order valence-electron chi connectivity index (χ4n) is 2.26. The number of nitrogen functional groups attached to an aromatic ring is 1. The lowest BCUT2D eigenvalue weighted by molar-refractivity contribution is 0.100. The summed E-state index contributed by atoms with van der Waals surface area (Å²) in [5.41, 5.74) is 5.85. The molecule has 0 saturated heterocycles. The van der Waals surface area contributed by atoms with E-state index in [9.17, 15) is 9.59 Å². The Labute approximate surface area is 131 Å². The SMILES string of the molecule is Nc1nc(SC2=NC(=O)c3c2c2ccccc2oc3=O)cs1. The van der Waals surface area contributed by atoms with Gasteiger partial charge in [-0.05, 0) is 17.8 Å². The van der Waals surface area contributed by atoms with E-state index >= 15 is 0 Å². The van der Waals surface area contributed by atoms with E-state index in [0.29, 0.717) is 31.7 Å². The third-order valence-electron chi connectivity index (χ3n) is 3.15. The molecule has 0 aliphatic carbocycles. The molecule has 3 heterocycles. The molecule has 0 spiro atoms. The number of fused-ring (bicyclic) bond motifs is 3. The molecule has 0 fully saturated rings. The highest BCUT2D eigenvalue weighted by Gasteiger charge is 2.31. The first kappa shape index (κ1) is 13.2. The van der Waals surface area contributed by atoms with E-state index in [2.05, 4.69) is 9.98 Å². The first-order valence-electron chi connectivity index (χ1n) is 6.21. The van der Waals surface area contributed by atoms with Crippen molar-refractivity contribution < 1.29 is 9.21 Å². The van der Waals surface area contributed by atoms with Gasteiger partial charge in [-0.2, -0.15) is 0 Å². The summed E-state index contributed by atoms with van der Waals surface area (Å²) < 4.78 is 5.19. The lowest BCUT2D eigenvalue weighted by atomic mass is 10.1. The van der Waals surface area contributed by atoms with Crippen molar-refractivity contribution in [1.82, 2.24) is 4.98 Å². The minimum atomic E-state index is -0.671. The van der Waals surface area contributed by atoms with Crippen LogP contribution in [0.3, 0.4) is 0 Å². The van der Waals surface area contributed by atoms with Crippen LogP contribution in [-0.2, 0) is 0 Å². The number of aliphatic imine (C=N–C) groups is 1. The van der Waals surface area contributed by atoms with Crippen LogP contribution in [0.2, 0.25) is 0 Å². The summed E-state index contributed by atoms with van der Waals surface area (Å²) in [6.07, 6.45) is 0. The standard InChI is InChI=1S/C14H7N3O3S2/c15-14-16-8(5-21-14)22-12-9-6-3-1-2-4-7(6)20-13(19)10(9)11(18)17-12/h1-5H,(H2,15,16). The van der Waals surface area contributed by atoms with Gasteiger partial charge < -0.3 is 10.2 Å². The smallest absolute Gasteiger partial charge is 0.350 e. The molecule has 1 aliphatic heterocycles. The molecule has 0 unspecified atom stereocenters. The van der Waals surface area contributed by atoms with Crippen LogP contribution in [0.4, 0.5) is 5.13 Å². The number of anilines is 1. The number of nitrogens with two attached hydrogens (primary N) is 1. The zero-order chi connectivity index (χ0) is 15.3. The molecule has 0 radical (unpaired) electrons. The summed E-state index contributed by atoms with van der Waals surface area (Å²) in [4.78, 5) is 32.2. The van der Waals surface area contributed by atoms with Crippen molar-refractivity contribution in [2.45, 2.75) is 5.03 Å². The maximum absolute atomic E-state index is 12.0. The Kier molecular flexibility index (Phi) is 2.88. The molecule has 22 heavy (non-hydrogen) atoms. The van der Waals surface area contributed by atoms with Gasteiger partial charge in [0.2, 0.25) is 0 Å². The molecule has 2 aromatic heterocycles. The van der Waals surface area contributed by atoms with E-state index in [1.165, 1.54) is 23.1 Å². The highest BCUT2D eigenvalue weighted by Crippen LogP contribution is 2.34. The van der Waals surface area contributed by atoms with E-state index in [1.807, 2.05) is 6.07 Å².